The summed E-state index contributed by atoms with van der Waals surface area (Å²) in [5, 5.41) is 12.4. The van der Waals surface area contributed by atoms with E-state index >= 15 is 0 Å². The fourth-order valence-corrected chi connectivity index (χ4v) is 2.82. The van der Waals surface area contributed by atoms with Crippen molar-refractivity contribution in [3.05, 3.63) is 35.9 Å². The number of hydrogen-bond acceptors (Lipinski definition) is 3. The number of rotatable bonds is 5. The molecule has 1 saturated heterocycles. The summed E-state index contributed by atoms with van der Waals surface area (Å²) in [6, 6.07) is 9.58. The maximum Gasteiger partial charge on any atom is 0.312 e. The molecule has 1 aliphatic rings. The van der Waals surface area contributed by atoms with E-state index in [1.165, 1.54) is 6.92 Å². The summed E-state index contributed by atoms with van der Waals surface area (Å²) in [7, 11) is 0. The number of piperidine rings is 1. The highest BCUT2D eigenvalue weighted by Gasteiger charge is 2.26. The van der Waals surface area contributed by atoms with Crippen LogP contribution in [0.5, 0.6) is 0 Å². The third-order valence-electron chi connectivity index (χ3n) is 3.94. The zero-order valence-corrected chi connectivity index (χ0v) is 12.3. The molecule has 1 amide bonds. The Morgan fingerprint density at radius 3 is 2.43 bits per heavy atom. The number of carboxylic acid groups (broad SMARTS) is 1. The second-order valence-corrected chi connectivity index (χ2v) is 5.58. The van der Waals surface area contributed by atoms with Gasteiger partial charge in [0, 0.05) is 32.6 Å². The smallest absolute Gasteiger partial charge is 0.312 e. The number of carboxylic acids is 1. The van der Waals surface area contributed by atoms with E-state index in [-0.39, 0.29) is 11.9 Å². The van der Waals surface area contributed by atoms with Crippen LogP contribution in [0.1, 0.15) is 31.2 Å². The molecule has 1 aromatic rings. The Bertz CT molecular complexity index is 482. The molecular formula is C16H22N2O3. The van der Waals surface area contributed by atoms with Crippen molar-refractivity contribution < 1.29 is 14.7 Å². The first-order valence-corrected chi connectivity index (χ1v) is 7.33. The third kappa shape index (κ3) is 4.56. The number of carbonyl (C=O) groups is 2. The number of aliphatic carboxylic acids is 1. The van der Waals surface area contributed by atoms with Crippen LogP contribution in [-0.4, -0.2) is 47.6 Å². The minimum Gasteiger partial charge on any atom is -0.481 e. The van der Waals surface area contributed by atoms with Gasteiger partial charge in [-0.05, 0) is 18.4 Å². The summed E-state index contributed by atoms with van der Waals surface area (Å²) >= 11 is 0. The first-order chi connectivity index (χ1) is 10.1. The number of nitrogens with one attached hydrogen (secondary N) is 1. The molecule has 1 aliphatic heterocycles. The van der Waals surface area contributed by atoms with E-state index in [1.807, 2.05) is 30.3 Å². The van der Waals surface area contributed by atoms with Crippen molar-refractivity contribution >= 4 is 11.9 Å². The molecular weight excluding hydrogens is 268 g/mol. The van der Waals surface area contributed by atoms with E-state index in [0.29, 0.717) is 6.54 Å². The van der Waals surface area contributed by atoms with Crippen LogP contribution in [0.15, 0.2) is 30.3 Å². The van der Waals surface area contributed by atoms with Gasteiger partial charge in [0.25, 0.3) is 0 Å². The highest BCUT2D eigenvalue weighted by molar-refractivity contribution is 5.76. The monoisotopic (exact) mass is 290 g/mol. The van der Waals surface area contributed by atoms with E-state index in [2.05, 4.69) is 10.2 Å². The Hall–Kier alpha value is -1.88. The van der Waals surface area contributed by atoms with E-state index in [4.69, 9.17) is 0 Å². The average molecular weight is 290 g/mol. The van der Waals surface area contributed by atoms with Crippen LogP contribution in [-0.2, 0) is 9.59 Å². The summed E-state index contributed by atoms with van der Waals surface area (Å²) in [5.41, 5.74) is 0.842. The fourth-order valence-electron chi connectivity index (χ4n) is 2.82. The molecule has 0 bridgehead atoms. The standard InChI is InChI=1S/C16H22N2O3/c1-12(19)17-14-7-9-18(10-8-14)11-15(16(20)21)13-5-3-2-4-6-13/h2-6,14-15H,7-11H2,1H3,(H,17,19)(H,20,21). The Kier molecular flexibility index (Phi) is 5.33. The van der Waals surface area contributed by atoms with Gasteiger partial charge in [-0.2, -0.15) is 0 Å². The number of carbonyl (C=O) groups excluding carboxylic acids is 1. The van der Waals surface area contributed by atoms with Crippen molar-refractivity contribution in [2.24, 2.45) is 0 Å². The van der Waals surface area contributed by atoms with Crippen LogP contribution in [0.3, 0.4) is 0 Å². The third-order valence-corrected chi connectivity index (χ3v) is 3.94. The van der Waals surface area contributed by atoms with Gasteiger partial charge in [-0.15, -0.1) is 0 Å². The van der Waals surface area contributed by atoms with Crippen molar-refractivity contribution in [2.45, 2.75) is 31.7 Å². The summed E-state index contributed by atoms with van der Waals surface area (Å²) < 4.78 is 0. The lowest BCUT2D eigenvalue weighted by Crippen LogP contribution is -2.45. The number of benzene rings is 1. The summed E-state index contributed by atoms with van der Waals surface area (Å²) in [6.45, 7) is 3.69. The topological polar surface area (TPSA) is 69.6 Å². The summed E-state index contributed by atoms with van der Waals surface area (Å²) in [6.07, 6.45) is 1.75. The Balaban J connectivity index is 1.91. The predicted molar refractivity (Wildman–Crippen MR) is 80.1 cm³/mol. The Morgan fingerprint density at radius 2 is 1.90 bits per heavy atom. The molecule has 1 aromatic carbocycles. The van der Waals surface area contributed by atoms with Crippen LogP contribution >= 0.6 is 0 Å². The van der Waals surface area contributed by atoms with Gasteiger partial charge in [0.1, 0.15) is 0 Å². The van der Waals surface area contributed by atoms with Crippen molar-refractivity contribution in [2.75, 3.05) is 19.6 Å². The molecule has 0 saturated carbocycles. The molecule has 0 aliphatic carbocycles. The lowest BCUT2D eigenvalue weighted by atomic mass is 9.97. The van der Waals surface area contributed by atoms with Gasteiger partial charge in [0.2, 0.25) is 5.91 Å². The highest BCUT2D eigenvalue weighted by Crippen LogP contribution is 2.20. The van der Waals surface area contributed by atoms with Gasteiger partial charge in [-0.1, -0.05) is 30.3 Å². The molecule has 0 spiro atoms. The number of nitrogens with zero attached hydrogens (tertiary/aromatic N) is 1. The van der Waals surface area contributed by atoms with Crippen LogP contribution in [0, 0.1) is 0 Å². The van der Waals surface area contributed by atoms with E-state index in [1.54, 1.807) is 0 Å². The van der Waals surface area contributed by atoms with Gasteiger partial charge in [0.05, 0.1) is 5.92 Å². The van der Waals surface area contributed by atoms with E-state index in [0.717, 1.165) is 31.5 Å². The molecule has 2 N–H and O–H groups in total. The minimum absolute atomic E-state index is 0.00106. The van der Waals surface area contributed by atoms with Gasteiger partial charge in [0.15, 0.2) is 0 Å². The summed E-state index contributed by atoms with van der Waals surface area (Å²) in [5.74, 6) is -1.28. The maximum atomic E-state index is 11.5. The second kappa shape index (κ2) is 7.22. The number of hydrogen-bond donors (Lipinski definition) is 2. The lowest BCUT2D eigenvalue weighted by Gasteiger charge is -2.33. The molecule has 1 fully saturated rings. The quantitative estimate of drug-likeness (QED) is 0.861. The van der Waals surface area contributed by atoms with Crippen LogP contribution < -0.4 is 5.32 Å². The SMILES string of the molecule is CC(=O)NC1CCN(CC(C(=O)O)c2ccccc2)CC1. The van der Waals surface area contributed by atoms with Gasteiger partial charge in [-0.25, -0.2) is 0 Å². The first kappa shape index (κ1) is 15.5. The molecule has 1 heterocycles. The van der Waals surface area contributed by atoms with Gasteiger partial charge >= 0.3 is 5.97 Å². The van der Waals surface area contributed by atoms with E-state index in [9.17, 15) is 14.7 Å². The van der Waals surface area contributed by atoms with Crippen LogP contribution in [0.25, 0.3) is 0 Å². The zero-order valence-electron chi connectivity index (χ0n) is 12.3. The van der Waals surface area contributed by atoms with E-state index < -0.39 is 11.9 Å². The van der Waals surface area contributed by atoms with Crippen molar-refractivity contribution in [1.82, 2.24) is 10.2 Å². The van der Waals surface area contributed by atoms with Gasteiger partial charge < -0.3 is 15.3 Å². The van der Waals surface area contributed by atoms with Crippen molar-refractivity contribution in [1.29, 1.82) is 0 Å². The Morgan fingerprint density at radius 1 is 1.29 bits per heavy atom. The summed E-state index contributed by atoms with van der Waals surface area (Å²) in [4.78, 5) is 24.7. The van der Waals surface area contributed by atoms with Crippen molar-refractivity contribution in [3.8, 4) is 0 Å². The van der Waals surface area contributed by atoms with Crippen LogP contribution in [0.4, 0.5) is 0 Å². The Labute approximate surface area is 125 Å². The molecule has 1 atom stereocenters. The largest absolute Gasteiger partial charge is 0.481 e. The second-order valence-electron chi connectivity index (χ2n) is 5.58. The molecule has 2 rings (SSSR count). The van der Waals surface area contributed by atoms with Crippen molar-refractivity contribution in [3.63, 3.8) is 0 Å². The molecule has 5 heteroatoms. The number of likely N-dealkylation sites (tertiary alicyclic amines) is 1. The predicted octanol–water partition coefficient (Wildman–Crippen LogP) is 1.46. The lowest BCUT2D eigenvalue weighted by molar-refractivity contribution is -0.139. The molecule has 0 aromatic heterocycles. The minimum atomic E-state index is -0.787. The molecule has 1 unspecified atom stereocenters. The molecule has 21 heavy (non-hydrogen) atoms. The van der Waals surface area contributed by atoms with Crippen LogP contribution in [0.2, 0.25) is 0 Å². The maximum absolute atomic E-state index is 11.5. The highest BCUT2D eigenvalue weighted by atomic mass is 16.4. The molecule has 0 radical (unpaired) electrons. The first-order valence-electron chi connectivity index (χ1n) is 7.33. The average Bonchev–Trinajstić information content (AvgIpc) is 2.46. The normalized spacial score (nSPS) is 18.1. The fraction of sp³-hybridized carbons (Fsp3) is 0.500. The van der Waals surface area contributed by atoms with Gasteiger partial charge in [-0.3, -0.25) is 9.59 Å². The molecule has 5 nitrogen and oxygen atoms in total. The zero-order chi connectivity index (χ0) is 15.2. The number of amides is 1. The molecule has 114 valence electrons.